The summed E-state index contributed by atoms with van der Waals surface area (Å²) < 4.78 is 13.2. The Bertz CT molecular complexity index is 1160. The maximum atomic E-state index is 12.8. The van der Waals surface area contributed by atoms with Crippen LogP contribution in [0.25, 0.3) is 10.8 Å². The summed E-state index contributed by atoms with van der Waals surface area (Å²) in [4.78, 5) is 21.0. The number of ether oxygens (including phenoxy) is 1. The maximum Gasteiger partial charge on any atom is 0.273 e. The van der Waals surface area contributed by atoms with E-state index in [1.54, 1.807) is 31.0 Å². The van der Waals surface area contributed by atoms with Crippen LogP contribution in [0.2, 0.25) is 0 Å². The molecule has 0 aliphatic heterocycles. The highest BCUT2D eigenvalue weighted by Gasteiger charge is 2.28. The van der Waals surface area contributed by atoms with E-state index in [9.17, 15) is 4.79 Å². The molecule has 0 aliphatic carbocycles. The number of amides is 1. The molecule has 0 spiro atoms. The van der Waals surface area contributed by atoms with E-state index in [1.807, 2.05) is 35.0 Å². The lowest BCUT2D eigenvalue weighted by Crippen LogP contribution is -2.46. The van der Waals surface area contributed by atoms with Gasteiger partial charge < -0.3 is 19.1 Å². The van der Waals surface area contributed by atoms with Gasteiger partial charge in [0.05, 0.1) is 12.4 Å². The second kappa shape index (κ2) is 8.59. The summed E-state index contributed by atoms with van der Waals surface area (Å²) in [5.41, 5.74) is 0.0688. The van der Waals surface area contributed by atoms with Crippen molar-refractivity contribution in [3.63, 3.8) is 0 Å². The Morgan fingerprint density at radius 1 is 1.23 bits per heavy atom. The lowest BCUT2D eigenvalue weighted by molar-refractivity contribution is 0.0883. The van der Waals surface area contributed by atoms with E-state index in [0.29, 0.717) is 12.3 Å². The topological polar surface area (TPSA) is 95.1 Å². The molecule has 0 unspecified atom stereocenters. The van der Waals surface area contributed by atoms with Crippen LogP contribution in [0.4, 0.5) is 0 Å². The molecular formula is C23H25N5O3. The van der Waals surface area contributed by atoms with Gasteiger partial charge in [-0.2, -0.15) is 0 Å². The standard InChI is InChI=1S/C23H25N5O3/c1-23(2,3)21(13-28-10-9-25-15-28)26-22(29)19-11-17(31-27-19)14-30-20-6-4-5-16-12-24-8-7-18(16)20/h4-12,15,21H,13-14H2,1-3H3,(H,26,29)/t21-/m1/s1. The van der Waals surface area contributed by atoms with Crippen LogP contribution in [0.15, 0.2) is 66.0 Å². The number of nitrogens with zero attached hydrogens (tertiary/aromatic N) is 4. The van der Waals surface area contributed by atoms with Crippen molar-refractivity contribution in [2.75, 3.05) is 0 Å². The molecule has 0 aliphatic rings. The van der Waals surface area contributed by atoms with Crippen LogP contribution in [-0.4, -0.2) is 31.6 Å². The first-order valence-corrected chi connectivity index (χ1v) is 10.1. The lowest BCUT2D eigenvalue weighted by Gasteiger charge is -2.31. The second-order valence-corrected chi connectivity index (χ2v) is 8.47. The Balaban J connectivity index is 1.42. The van der Waals surface area contributed by atoms with Gasteiger partial charge in [-0.25, -0.2) is 4.98 Å². The van der Waals surface area contributed by atoms with Crippen molar-refractivity contribution in [3.05, 3.63) is 72.9 Å². The number of fused-ring (bicyclic) bond motifs is 1. The molecule has 1 aromatic carbocycles. The minimum atomic E-state index is -0.286. The molecule has 8 heteroatoms. The van der Waals surface area contributed by atoms with Crippen LogP contribution < -0.4 is 10.1 Å². The monoisotopic (exact) mass is 419 g/mol. The predicted octanol–water partition coefficient (Wildman–Crippen LogP) is 3.84. The Hall–Kier alpha value is -3.68. The van der Waals surface area contributed by atoms with Gasteiger partial charge in [-0.15, -0.1) is 0 Å². The molecule has 0 saturated carbocycles. The molecule has 8 nitrogen and oxygen atoms in total. The lowest BCUT2D eigenvalue weighted by atomic mass is 9.86. The number of pyridine rings is 1. The molecule has 3 heterocycles. The predicted molar refractivity (Wildman–Crippen MR) is 116 cm³/mol. The van der Waals surface area contributed by atoms with Crippen LogP contribution >= 0.6 is 0 Å². The summed E-state index contributed by atoms with van der Waals surface area (Å²) in [7, 11) is 0. The highest BCUT2D eigenvalue weighted by atomic mass is 16.5. The minimum Gasteiger partial charge on any atom is -0.485 e. The zero-order valence-corrected chi connectivity index (χ0v) is 17.8. The van der Waals surface area contributed by atoms with Crippen molar-refractivity contribution in [2.24, 2.45) is 5.41 Å². The van der Waals surface area contributed by atoms with Gasteiger partial charge in [0.25, 0.3) is 5.91 Å². The number of nitrogens with one attached hydrogen (secondary N) is 1. The highest BCUT2D eigenvalue weighted by molar-refractivity contribution is 5.92. The molecule has 1 amide bonds. The van der Waals surface area contributed by atoms with E-state index in [0.717, 1.165) is 16.5 Å². The van der Waals surface area contributed by atoms with E-state index in [2.05, 4.69) is 41.2 Å². The first-order valence-electron chi connectivity index (χ1n) is 10.1. The number of carbonyl (C=O) groups excluding carboxylic acids is 1. The van der Waals surface area contributed by atoms with Gasteiger partial charge in [0.1, 0.15) is 12.4 Å². The largest absolute Gasteiger partial charge is 0.485 e. The number of hydrogen-bond acceptors (Lipinski definition) is 6. The van der Waals surface area contributed by atoms with E-state index >= 15 is 0 Å². The van der Waals surface area contributed by atoms with Gasteiger partial charge >= 0.3 is 0 Å². The van der Waals surface area contributed by atoms with Crippen LogP contribution in [-0.2, 0) is 13.2 Å². The van der Waals surface area contributed by atoms with E-state index in [1.165, 1.54) is 0 Å². The Morgan fingerprint density at radius 3 is 2.87 bits per heavy atom. The molecule has 1 N–H and O–H groups in total. The van der Waals surface area contributed by atoms with E-state index in [4.69, 9.17) is 9.26 Å². The molecule has 160 valence electrons. The molecule has 0 bridgehead atoms. The Morgan fingerprint density at radius 2 is 2.10 bits per heavy atom. The summed E-state index contributed by atoms with van der Waals surface area (Å²) in [6, 6.07) is 9.16. The molecule has 3 aromatic heterocycles. The van der Waals surface area contributed by atoms with Gasteiger partial charge in [0, 0.05) is 48.2 Å². The Kier molecular flexibility index (Phi) is 5.70. The summed E-state index contributed by atoms with van der Waals surface area (Å²) in [6.45, 7) is 7.02. The molecule has 0 radical (unpaired) electrons. The Labute approximate surface area is 180 Å². The fraction of sp³-hybridized carbons (Fsp3) is 0.304. The SMILES string of the molecule is CC(C)(C)[C@@H](Cn1ccnc1)NC(=O)c1cc(COc2cccc3cnccc23)on1. The smallest absolute Gasteiger partial charge is 0.273 e. The second-order valence-electron chi connectivity index (χ2n) is 8.47. The number of benzene rings is 1. The summed E-state index contributed by atoms with van der Waals surface area (Å²) in [5, 5.41) is 8.94. The molecule has 4 rings (SSSR count). The summed E-state index contributed by atoms with van der Waals surface area (Å²) >= 11 is 0. The fourth-order valence-corrected chi connectivity index (χ4v) is 3.23. The van der Waals surface area contributed by atoms with Crippen LogP contribution in [0.3, 0.4) is 0 Å². The molecule has 4 aromatic rings. The number of imidazole rings is 1. The highest BCUT2D eigenvalue weighted by Crippen LogP contribution is 2.25. The van der Waals surface area contributed by atoms with Crippen molar-refractivity contribution in [1.29, 1.82) is 0 Å². The quantitative estimate of drug-likeness (QED) is 0.489. The van der Waals surface area contributed by atoms with Gasteiger partial charge in [0.2, 0.25) is 0 Å². The zero-order valence-electron chi connectivity index (χ0n) is 17.8. The molecular weight excluding hydrogens is 394 g/mol. The number of hydrogen-bond donors (Lipinski definition) is 1. The first-order chi connectivity index (χ1) is 14.9. The normalized spacial score (nSPS) is 12.6. The van der Waals surface area contributed by atoms with Gasteiger partial charge in [0.15, 0.2) is 11.5 Å². The van der Waals surface area contributed by atoms with Crippen molar-refractivity contribution in [3.8, 4) is 5.75 Å². The third-order valence-corrected chi connectivity index (χ3v) is 5.11. The molecule has 0 fully saturated rings. The molecule has 31 heavy (non-hydrogen) atoms. The molecule has 0 saturated heterocycles. The first kappa shape index (κ1) is 20.6. The number of carbonyl (C=O) groups is 1. The van der Waals surface area contributed by atoms with Crippen molar-refractivity contribution >= 4 is 16.7 Å². The van der Waals surface area contributed by atoms with Crippen LogP contribution in [0.5, 0.6) is 5.75 Å². The maximum absolute atomic E-state index is 12.8. The van der Waals surface area contributed by atoms with E-state index < -0.39 is 0 Å². The third kappa shape index (κ3) is 4.91. The van der Waals surface area contributed by atoms with Gasteiger partial charge in [-0.05, 0) is 17.5 Å². The van der Waals surface area contributed by atoms with Crippen molar-refractivity contribution < 1.29 is 14.1 Å². The summed E-state index contributed by atoms with van der Waals surface area (Å²) in [6.07, 6.45) is 8.84. The van der Waals surface area contributed by atoms with Crippen molar-refractivity contribution in [1.82, 2.24) is 25.0 Å². The van der Waals surface area contributed by atoms with Crippen molar-refractivity contribution in [2.45, 2.75) is 40.0 Å². The van der Waals surface area contributed by atoms with Crippen LogP contribution in [0.1, 0.15) is 37.0 Å². The molecule has 1 atom stereocenters. The average molecular weight is 419 g/mol. The zero-order chi connectivity index (χ0) is 21.8. The number of aromatic nitrogens is 4. The average Bonchev–Trinajstić information content (AvgIpc) is 3.43. The fourth-order valence-electron chi connectivity index (χ4n) is 3.23. The van der Waals surface area contributed by atoms with E-state index in [-0.39, 0.29) is 29.7 Å². The van der Waals surface area contributed by atoms with Crippen LogP contribution in [0, 0.1) is 5.41 Å². The minimum absolute atomic E-state index is 0.116. The summed E-state index contributed by atoms with van der Waals surface area (Å²) in [5.74, 6) is 0.903. The van der Waals surface area contributed by atoms with Gasteiger partial charge in [-0.1, -0.05) is 38.1 Å². The third-order valence-electron chi connectivity index (χ3n) is 5.11. The van der Waals surface area contributed by atoms with Gasteiger partial charge in [-0.3, -0.25) is 9.78 Å². The number of rotatable bonds is 7.